The van der Waals surface area contributed by atoms with Crippen LogP contribution in [0.3, 0.4) is 0 Å². The Labute approximate surface area is 90.5 Å². The predicted octanol–water partition coefficient (Wildman–Crippen LogP) is 2.39. The fourth-order valence-corrected chi connectivity index (χ4v) is 1.19. The molecule has 3 heteroatoms. The van der Waals surface area contributed by atoms with Gasteiger partial charge >= 0.3 is 0 Å². The van der Waals surface area contributed by atoms with E-state index in [1.807, 2.05) is 26.8 Å². The first-order valence-corrected chi connectivity index (χ1v) is 4.95. The number of pyridine rings is 1. The van der Waals surface area contributed by atoms with Crippen LogP contribution >= 0.6 is 0 Å². The quantitative estimate of drug-likeness (QED) is 0.711. The average Bonchev–Trinajstić information content (AvgIpc) is 2.18. The molecule has 0 radical (unpaired) electrons. The van der Waals surface area contributed by atoms with E-state index in [0.717, 1.165) is 5.69 Å². The molecule has 0 aliphatic rings. The third-order valence-corrected chi connectivity index (χ3v) is 2.37. The number of hydrogen-bond acceptors (Lipinski definition) is 3. The highest BCUT2D eigenvalue weighted by Crippen LogP contribution is 2.16. The fraction of sp³-hybridized carbons (Fsp3) is 0.500. The summed E-state index contributed by atoms with van der Waals surface area (Å²) in [6, 6.07) is 3.64. The van der Waals surface area contributed by atoms with Gasteiger partial charge in [-0.05, 0) is 32.9 Å². The molecule has 1 aromatic heterocycles. The van der Waals surface area contributed by atoms with E-state index in [1.165, 1.54) is 0 Å². The van der Waals surface area contributed by atoms with Gasteiger partial charge in [0.05, 0.1) is 5.60 Å². The van der Waals surface area contributed by atoms with Gasteiger partial charge in [0.2, 0.25) is 0 Å². The molecule has 1 rings (SSSR count). The van der Waals surface area contributed by atoms with Crippen LogP contribution in [0.2, 0.25) is 0 Å². The standard InChI is InChI=1S/C12H17NO2/c1-9-5-6-10(8-13-9)11(14)7-12(2,3)15-4/h5-6,8H,7H2,1-4H3. The maximum atomic E-state index is 11.8. The first-order valence-electron chi connectivity index (χ1n) is 4.95. The number of carbonyl (C=O) groups excluding carboxylic acids is 1. The fourth-order valence-electron chi connectivity index (χ4n) is 1.19. The molecule has 0 saturated heterocycles. The van der Waals surface area contributed by atoms with Crippen molar-refractivity contribution in [2.75, 3.05) is 7.11 Å². The maximum absolute atomic E-state index is 11.8. The molecule has 0 unspecified atom stereocenters. The monoisotopic (exact) mass is 207 g/mol. The van der Waals surface area contributed by atoms with Crippen LogP contribution in [-0.2, 0) is 4.74 Å². The molecule has 0 aromatic carbocycles. The summed E-state index contributed by atoms with van der Waals surface area (Å²) in [4.78, 5) is 15.9. The molecule has 0 fully saturated rings. The van der Waals surface area contributed by atoms with Crippen LogP contribution in [0.25, 0.3) is 0 Å². The van der Waals surface area contributed by atoms with E-state index >= 15 is 0 Å². The first kappa shape index (κ1) is 11.9. The highest BCUT2D eigenvalue weighted by Gasteiger charge is 2.21. The summed E-state index contributed by atoms with van der Waals surface area (Å²) in [7, 11) is 1.61. The Morgan fingerprint density at radius 3 is 2.60 bits per heavy atom. The van der Waals surface area contributed by atoms with E-state index in [4.69, 9.17) is 4.74 Å². The third-order valence-electron chi connectivity index (χ3n) is 2.37. The summed E-state index contributed by atoms with van der Waals surface area (Å²) in [6.07, 6.45) is 1.98. The minimum absolute atomic E-state index is 0.0642. The van der Waals surface area contributed by atoms with E-state index in [9.17, 15) is 4.79 Å². The van der Waals surface area contributed by atoms with Gasteiger partial charge in [-0.25, -0.2) is 0 Å². The van der Waals surface area contributed by atoms with Gasteiger partial charge in [-0.2, -0.15) is 0 Å². The lowest BCUT2D eigenvalue weighted by atomic mass is 9.98. The van der Waals surface area contributed by atoms with E-state index in [-0.39, 0.29) is 5.78 Å². The summed E-state index contributed by atoms with van der Waals surface area (Å²) in [5.41, 5.74) is 1.14. The van der Waals surface area contributed by atoms with Crippen molar-refractivity contribution in [2.45, 2.75) is 32.8 Å². The molecule has 0 aliphatic heterocycles. The molecule has 0 N–H and O–H groups in total. The van der Waals surface area contributed by atoms with Crippen LogP contribution in [0.1, 0.15) is 36.3 Å². The van der Waals surface area contributed by atoms with Crippen LogP contribution in [0.15, 0.2) is 18.3 Å². The summed E-state index contributed by atoms with van der Waals surface area (Å²) >= 11 is 0. The number of hydrogen-bond donors (Lipinski definition) is 0. The Bertz CT molecular complexity index is 341. The van der Waals surface area contributed by atoms with Gasteiger partial charge in [0.25, 0.3) is 0 Å². The molecule has 0 saturated carbocycles. The molecule has 0 atom stereocenters. The van der Waals surface area contributed by atoms with Crippen LogP contribution in [0.5, 0.6) is 0 Å². The van der Waals surface area contributed by atoms with Crippen molar-refractivity contribution in [3.63, 3.8) is 0 Å². The number of nitrogens with zero attached hydrogens (tertiary/aromatic N) is 1. The van der Waals surface area contributed by atoms with Gasteiger partial charge < -0.3 is 4.74 Å². The maximum Gasteiger partial charge on any atom is 0.167 e. The summed E-state index contributed by atoms with van der Waals surface area (Å²) in [6.45, 7) is 5.69. The van der Waals surface area contributed by atoms with Crippen LogP contribution in [-0.4, -0.2) is 23.5 Å². The Kier molecular flexibility index (Phi) is 3.58. The van der Waals surface area contributed by atoms with Crippen molar-refractivity contribution >= 4 is 5.78 Å². The van der Waals surface area contributed by atoms with Crippen molar-refractivity contribution in [2.24, 2.45) is 0 Å². The Hall–Kier alpha value is -1.22. The molecular weight excluding hydrogens is 190 g/mol. The Morgan fingerprint density at radius 1 is 1.47 bits per heavy atom. The zero-order valence-corrected chi connectivity index (χ0v) is 9.70. The molecular formula is C12H17NO2. The van der Waals surface area contributed by atoms with E-state index in [1.54, 1.807) is 19.4 Å². The molecule has 0 spiro atoms. The topological polar surface area (TPSA) is 39.2 Å². The number of methoxy groups -OCH3 is 1. The third kappa shape index (κ3) is 3.44. The second kappa shape index (κ2) is 4.53. The van der Waals surface area contributed by atoms with Crippen LogP contribution in [0, 0.1) is 6.92 Å². The van der Waals surface area contributed by atoms with Gasteiger partial charge in [-0.15, -0.1) is 0 Å². The predicted molar refractivity (Wildman–Crippen MR) is 59.0 cm³/mol. The van der Waals surface area contributed by atoms with Gasteiger partial charge in [-0.3, -0.25) is 9.78 Å². The molecule has 82 valence electrons. The van der Waals surface area contributed by atoms with Crippen LogP contribution in [0.4, 0.5) is 0 Å². The zero-order valence-electron chi connectivity index (χ0n) is 9.70. The number of ether oxygens (including phenoxy) is 1. The summed E-state index contributed by atoms with van der Waals surface area (Å²) < 4.78 is 5.21. The van der Waals surface area contributed by atoms with Crippen molar-refractivity contribution in [3.8, 4) is 0 Å². The number of carbonyl (C=O) groups is 1. The SMILES string of the molecule is COC(C)(C)CC(=O)c1ccc(C)nc1. The van der Waals surface area contributed by atoms with Crippen molar-refractivity contribution in [1.29, 1.82) is 0 Å². The first-order chi connectivity index (χ1) is 6.94. The molecule has 0 aliphatic carbocycles. The van der Waals surface area contributed by atoms with E-state index in [2.05, 4.69) is 4.98 Å². The minimum Gasteiger partial charge on any atom is -0.378 e. The lowest BCUT2D eigenvalue weighted by Gasteiger charge is -2.21. The second-order valence-electron chi connectivity index (χ2n) is 4.25. The van der Waals surface area contributed by atoms with E-state index in [0.29, 0.717) is 12.0 Å². The van der Waals surface area contributed by atoms with E-state index < -0.39 is 5.60 Å². The molecule has 3 nitrogen and oxygen atoms in total. The van der Waals surface area contributed by atoms with Crippen molar-refractivity contribution in [3.05, 3.63) is 29.6 Å². The van der Waals surface area contributed by atoms with Gasteiger partial charge in [-0.1, -0.05) is 0 Å². The molecule has 15 heavy (non-hydrogen) atoms. The minimum atomic E-state index is -0.415. The lowest BCUT2D eigenvalue weighted by Crippen LogP contribution is -2.26. The van der Waals surface area contributed by atoms with Gasteiger partial charge in [0.1, 0.15) is 0 Å². The average molecular weight is 207 g/mol. The Morgan fingerprint density at radius 2 is 2.13 bits per heavy atom. The van der Waals surface area contributed by atoms with Crippen molar-refractivity contribution in [1.82, 2.24) is 4.98 Å². The molecule has 1 heterocycles. The number of Topliss-reactive ketones (excluding diaryl/α,β-unsaturated/α-hetero) is 1. The molecule has 0 amide bonds. The number of ketones is 1. The van der Waals surface area contributed by atoms with Crippen molar-refractivity contribution < 1.29 is 9.53 Å². The summed E-state index contributed by atoms with van der Waals surface area (Å²) in [5, 5.41) is 0. The summed E-state index contributed by atoms with van der Waals surface area (Å²) in [5.74, 6) is 0.0642. The smallest absolute Gasteiger partial charge is 0.167 e. The molecule has 0 bridgehead atoms. The zero-order chi connectivity index (χ0) is 11.5. The normalized spacial score (nSPS) is 11.5. The van der Waals surface area contributed by atoms with Gasteiger partial charge in [0, 0.05) is 31.0 Å². The Balaban J connectivity index is 2.74. The number of aryl methyl sites for hydroxylation is 1. The second-order valence-corrected chi connectivity index (χ2v) is 4.25. The number of rotatable bonds is 4. The largest absolute Gasteiger partial charge is 0.378 e. The molecule has 1 aromatic rings. The highest BCUT2D eigenvalue weighted by atomic mass is 16.5. The number of aromatic nitrogens is 1. The highest BCUT2D eigenvalue weighted by molar-refractivity contribution is 5.96. The van der Waals surface area contributed by atoms with Gasteiger partial charge in [0.15, 0.2) is 5.78 Å². The lowest BCUT2D eigenvalue weighted by molar-refractivity contribution is 0.0172. The van der Waals surface area contributed by atoms with Crippen LogP contribution < -0.4 is 0 Å².